The number of alkyl halides is 1. The molecule has 0 aliphatic heterocycles. The van der Waals surface area contributed by atoms with Gasteiger partial charge in [-0.25, -0.2) is 0 Å². The van der Waals surface area contributed by atoms with Gasteiger partial charge in [-0.05, 0) is 33.4 Å². The summed E-state index contributed by atoms with van der Waals surface area (Å²) in [5.74, 6) is 0. The molecule has 0 amide bonds. The molecule has 0 spiro atoms. The third-order valence-corrected chi connectivity index (χ3v) is 3.56. The van der Waals surface area contributed by atoms with Crippen LogP contribution in [0.4, 0.5) is 0 Å². The first kappa shape index (κ1) is 17.4. The molecular formula is C14H30BrNO. The lowest BCUT2D eigenvalue weighted by Crippen LogP contribution is -2.24. The standard InChI is InChI=1S/C14H30BrNO/c1-3-17-14-13-16(2)12-10-8-6-4-5-7-9-11-15/h3-14H2,1-2H3. The molecule has 104 valence electrons. The first-order valence-corrected chi connectivity index (χ1v) is 8.25. The van der Waals surface area contributed by atoms with Gasteiger partial charge in [0.15, 0.2) is 0 Å². The topological polar surface area (TPSA) is 12.5 Å². The highest BCUT2D eigenvalue weighted by molar-refractivity contribution is 9.09. The SMILES string of the molecule is CCOCCN(C)CCCCCCCCCBr. The lowest BCUT2D eigenvalue weighted by Gasteiger charge is -2.15. The summed E-state index contributed by atoms with van der Waals surface area (Å²) in [5.41, 5.74) is 0. The van der Waals surface area contributed by atoms with Crippen LogP contribution in [0.3, 0.4) is 0 Å². The summed E-state index contributed by atoms with van der Waals surface area (Å²) in [5, 5.41) is 1.16. The Morgan fingerprint density at radius 1 is 0.882 bits per heavy atom. The van der Waals surface area contributed by atoms with E-state index < -0.39 is 0 Å². The Bertz CT molecular complexity index is 144. The fraction of sp³-hybridized carbons (Fsp3) is 1.00. The molecule has 0 saturated carbocycles. The molecule has 0 radical (unpaired) electrons. The van der Waals surface area contributed by atoms with E-state index in [1.165, 1.54) is 51.5 Å². The van der Waals surface area contributed by atoms with E-state index >= 15 is 0 Å². The summed E-state index contributed by atoms with van der Waals surface area (Å²) in [6, 6.07) is 0. The summed E-state index contributed by atoms with van der Waals surface area (Å²) in [6.07, 6.45) is 9.66. The zero-order valence-corrected chi connectivity index (χ0v) is 13.3. The molecule has 0 aromatic carbocycles. The summed E-state index contributed by atoms with van der Waals surface area (Å²) < 4.78 is 5.34. The van der Waals surface area contributed by atoms with Gasteiger partial charge >= 0.3 is 0 Å². The van der Waals surface area contributed by atoms with Gasteiger partial charge in [-0.1, -0.05) is 48.0 Å². The van der Waals surface area contributed by atoms with Crippen LogP contribution in [-0.4, -0.2) is 43.6 Å². The highest BCUT2D eigenvalue weighted by atomic mass is 79.9. The van der Waals surface area contributed by atoms with Gasteiger partial charge in [-0.3, -0.25) is 0 Å². The van der Waals surface area contributed by atoms with Crippen LogP contribution in [0.25, 0.3) is 0 Å². The first-order valence-electron chi connectivity index (χ1n) is 7.13. The number of rotatable bonds is 13. The molecule has 0 heterocycles. The molecule has 2 nitrogen and oxygen atoms in total. The maximum Gasteiger partial charge on any atom is 0.0593 e. The minimum Gasteiger partial charge on any atom is -0.380 e. The van der Waals surface area contributed by atoms with Crippen molar-refractivity contribution in [3.63, 3.8) is 0 Å². The maximum atomic E-state index is 5.34. The van der Waals surface area contributed by atoms with Gasteiger partial charge < -0.3 is 9.64 Å². The summed E-state index contributed by atoms with van der Waals surface area (Å²) in [7, 11) is 2.19. The van der Waals surface area contributed by atoms with Crippen LogP contribution in [-0.2, 0) is 4.74 Å². The summed E-state index contributed by atoms with van der Waals surface area (Å²) >= 11 is 3.47. The van der Waals surface area contributed by atoms with Gasteiger partial charge in [-0.15, -0.1) is 0 Å². The third-order valence-electron chi connectivity index (χ3n) is 2.99. The number of halogens is 1. The number of likely N-dealkylation sites (N-methyl/N-ethyl adjacent to an activating group) is 1. The summed E-state index contributed by atoms with van der Waals surface area (Å²) in [6.45, 7) is 6.05. The molecule has 0 atom stereocenters. The molecule has 17 heavy (non-hydrogen) atoms. The Labute approximate surface area is 116 Å². The Morgan fingerprint density at radius 3 is 2.06 bits per heavy atom. The Hall–Kier alpha value is 0.400. The fourth-order valence-electron chi connectivity index (χ4n) is 1.84. The van der Waals surface area contributed by atoms with Crippen molar-refractivity contribution in [1.82, 2.24) is 4.90 Å². The van der Waals surface area contributed by atoms with E-state index in [1.54, 1.807) is 0 Å². The average molecular weight is 308 g/mol. The largest absolute Gasteiger partial charge is 0.380 e. The van der Waals surface area contributed by atoms with E-state index in [1.807, 2.05) is 0 Å². The minimum absolute atomic E-state index is 0.836. The van der Waals surface area contributed by atoms with Gasteiger partial charge in [-0.2, -0.15) is 0 Å². The van der Waals surface area contributed by atoms with Gasteiger partial charge in [0.2, 0.25) is 0 Å². The lowest BCUT2D eigenvalue weighted by atomic mass is 10.1. The van der Waals surface area contributed by atoms with E-state index in [4.69, 9.17) is 4.74 Å². The van der Waals surface area contributed by atoms with Crippen molar-refractivity contribution in [2.45, 2.75) is 51.9 Å². The van der Waals surface area contributed by atoms with E-state index in [-0.39, 0.29) is 0 Å². The maximum absolute atomic E-state index is 5.34. The predicted molar refractivity (Wildman–Crippen MR) is 80.1 cm³/mol. The summed E-state index contributed by atoms with van der Waals surface area (Å²) in [4.78, 5) is 2.38. The predicted octanol–water partition coefficient (Wildman–Crippen LogP) is 4.08. The second-order valence-electron chi connectivity index (χ2n) is 4.66. The number of hydrogen-bond donors (Lipinski definition) is 0. The van der Waals surface area contributed by atoms with Crippen LogP contribution in [0, 0.1) is 0 Å². The van der Waals surface area contributed by atoms with Crippen molar-refractivity contribution in [3.8, 4) is 0 Å². The second-order valence-corrected chi connectivity index (χ2v) is 5.46. The van der Waals surface area contributed by atoms with Gasteiger partial charge in [0.25, 0.3) is 0 Å². The van der Waals surface area contributed by atoms with Crippen LogP contribution in [0.5, 0.6) is 0 Å². The van der Waals surface area contributed by atoms with Gasteiger partial charge in [0.05, 0.1) is 6.61 Å². The molecule has 0 saturated heterocycles. The lowest BCUT2D eigenvalue weighted by molar-refractivity contribution is 0.121. The average Bonchev–Trinajstić information content (AvgIpc) is 2.33. The molecule has 0 N–H and O–H groups in total. The quantitative estimate of drug-likeness (QED) is 0.375. The number of unbranched alkanes of at least 4 members (excludes halogenated alkanes) is 6. The molecule has 0 aromatic heterocycles. The van der Waals surface area contributed by atoms with Gasteiger partial charge in [0.1, 0.15) is 0 Å². The van der Waals surface area contributed by atoms with Gasteiger partial charge in [0, 0.05) is 18.5 Å². The zero-order chi connectivity index (χ0) is 12.8. The number of nitrogens with zero attached hydrogens (tertiary/aromatic N) is 1. The van der Waals surface area contributed by atoms with Crippen LogP contribution >= 0.6 is 15.9 Å². The Morgan fingerprint density at radius 2 is 1.47 bits per heavy atom. The van der Waals surface area contributed by atoms with Crippen LogP contribution in [0.2, 0.25) is 0 Å². The second kappa shape index (κ2) is 14.5. The zero-order valence-electron chi connectivity index (χ0n) is 11.7. The Kier molecular flexibility index (Phi) is 14.8. The molecular weight excluding hydrogens is 278 g/mol. The van der Waals surface area contributed by atoms with Crippen molar-refractivity contribution < 1.29 is 4.74 Å². The van der Waals surface area contributed by atoms with E-state index in [0.717, 1.165) is 25.1 Å². The van der Waals surface area contributed by atoms with Crippen LogP contribution < -0.4 is 0 Å². The van der Waals surface area contributed by atoms with E-state index in [0.29, 0.717) is 0 Å². The third kappa shape index (κ3) is 14.3. The molecule has 0 aliphatic rings. The van der Waals surface area contributed by atoms with Crippen molar-refractivity contribution >= 4 is 15.9 Å². The fourth-order valence-corrected chi connectivity index (χ4v) is 2.23. The van der Waals surface area contributed by atoms with E-state index in [2.05, 4.69) is 34.8 Å². The number of hydrogen-bond acceptors (Lipinski definition) is 2. The molecule has 0 rings (SSSR count). The van der Waals surface area contributed by atoms with E-state index in [9.17, 15) is 0 Å². The van der Waals surface area contributed by atoms with Crippen LogP contribution in [0.15, 0.2) is 0 Å². The molecule has 0 aliphatic carbocycles. The highest BCUT2D eigenvalue weighted by Crippen LogP contribution is 2.08. The normalized spacial score (nSPS) is 11.3. The van der Waals surface area contributed by atoms with Crippen molar-refractivity contribution in [1.29, 1.82) is 0 Å². The van der Waals surface area contributed by atoms with Crippen molar-refractivity contribution in [2.75, 3.05) is 38.7 Å². The molecule has 0 unspecified atom stereocenters. The molecule has 0 bridgehead atoms. The molecule has 0 aromatic rings. The Balaban J connectivity index is 3.05. The minimum atomic E-state index is 0.836. The number of ether oxygens (including phenoxy) is 1. The smallest absolute Gasteiger partial charge is 0.0593 e. The van der Waals surface area contributed by atoms with Crippen molar-refractivity contribution in [3.05, 3.63) is 0 Å². The highest BCUT2D eigenvalue weighted by Gasteiger charge is 1.97. The molecule has 3 heteroatoms. The molecule has 0 fully saturated rings. The van der Waals surface area contributed by atoms with Crippen LogP contribution in [0.1, 0.15) is 51.9 Å². The van der Waals surface area contributed by atoms with Crippen molar-refractivity contribution in [2.24, 2.45) is 0 Å². The monoisotopic (exact) mass is 307 g/mol. The first-order chi connectivity index (χ1) is 8.31.